The minimum Gasteiger partial charge on any atom is -0.375 e. The topological polar surface area (TPSA) is 21.8 Å². The molecule has 12 heavy (non-hydrogen) atoms. The van der Waals surface area contributed by atoms with Crippen LogP contribution in [0.4, 0.5) is 0 Å². The Bertz CT molecular complexity index is 115. The van der Waals surface area contributed by atoms with Crippen LogP contribution < -0.4 is 0 Å². The molecule has 0 aromatic heterocycles. The molecule has 0 aromatic rings. The highest BCUT2D eigenvalue weighted by atomic mass is 16.6. The Hall–Kier alpha value is -0.0800. The van der Waals surface area contributed by atoms with Gasteiger partial charge in [-0.3, -0.25) is 0 Å². The molecule has 2 fully saturated rings. The number of rotatable bonds is 3. The molecule has 0 bridgehead atoms. The fraction of sp³-hybridized carbons (Fsp3) is 1.00. The Morgan fingerprint density at radius 1 is 1.17 bits per heavy atom. The molecule has 1 unspecified atom stereocenters. The molecule has 0 radical (unpaired) electrons. The first-order valence-corrected chi connectivity index (χ1v) is 4.68. The largest absolute Gasteiger partial charge is 0.375 e. The minimum absolute atomic E-state index is 0. The van der Waals surface area contributed by atoms with Gasteiger partial charge in [-0.1, -0.05) is 26.7 Å². The van der Waals surface area contributed by atoms with E-state index in [2.05, 4.69) is 0 Å². The van der Waals surface area contributed by atoms with Gasteiger partial charge >= 0.3 is 0 Å². The van der Waals surface area contributed by atoms with Crippen molar-refractivity contribution < 1.29 is 9.47 Å². The Kier molecular flexibility index (Phi) is 4.02. The number of ether oxygens (including phenoxy) is 2. The molecule has 1 aliphatic carbocycles. The van der Waals surface area contributed by atoms with E-state index in [1.165, 1.54) is 32.1 Å². The van der Waals surface area contributed by atoms with Gasteiger partial charge in [-0.05, 0) is 12.8 Å². The highest BCUT2D eigenvalue weighted by molar-refractivity contribution is 4.71. The summed E-state index contributed by atoms with van der Waals surface area (Å²) in [6.07, 6.45) is 7.65. The smallest absolute Gasteiger partial charge is 0.104 e. The van der Waals surface area contributed by atoms with Crippen molar-refractivity contribution in [1.82, 2.24) is 0 Å². The van der Waals surface area contributed by atoms with Gasteiger partial charge in [0, 0.05) is 0 Å². The minimum atomic E-state index is 0. The third-order valence-corrected chi connectivity index (χ3v) is 2.47. The van der Waals surface area contributed by atoms with Crippen LogP contribution in [0.3, 0.4) is 0 Å². The molecular formula is C10H20O2. The Labute approximate surface area is 75.2 Å². The zero-order valence-corrected chi connectivity index (χ0v) is 6.92. The van der Waals surface area contributed by atoms with Crippen LogP contribution in [0.15, 0.2) is 0 Å². The zero-order valence-electron chi connectivity index (χ0n) is 6.92. The maximum Gasteiger partial charge on any atom is 0.104 e. The summed E-state index contributed by atoms with van der Waals surface area (Å²) in [7, 11) is 0. The van der Waals surface area contributed by atoms with Gasteiger partial charge < -0.3 is 9.47 Å². The van der Waals surface area contributed by atoms with Crippen LogP contribution in [0, 0.1) is 0 Å². The molecule has 1 atom stereocenters. The van der Waals surface area contributed by atoms with Crippen molar-refractivity contribution in [2.75, 3.05) is 13.2 Å². The van der Waals surface area contributed by atoms with E-state index in [-0.39, 0.29) is 7.43 Å². The lowest BCUT2D eigenvalue weighted by molar-refractivity contribution is 0.0199. The van der Waals surface area contributed by atoms with Gasteiger partial charge in [-0.15, -0.1) is 0 Å². The molecule has 2 heteroatoms. The van der Waals surface area contributed by atoms with Crippen molar-refractivity contribution in [2.24, 2.45) is 0 Å². The van der Waals surface area contributed by atoms with Gasteiger partial charge in [-0.25, -0.2) is 0 Å². The van der Waals surface area contributed by atoms with Crippen molar-refractivity contribution in [3.63, 3.8) is 0 Å². The molecular weight excluding hydrogens is 152 g/mol. The molecule has 0 spiro atoms. The third-order valence-electron chi connectivity index (χ3n) is 2.47. The van der Waals surface area contributed by atoms with Gasteiger partial charge in [0.15, 0.2) is 0 Å². The standard InChI is InChI=1S/C9H16O2.CH4/c1-2-4-8(5-3-1)10-6-9-7-11-9;/h8-9H,1-7H2;1H4. The molecule has 2 aliphatic rings. The summed E-state index contributed by atoms with van der Waals surface area (Å²) in [4.78, 5) is 0. The van der Waals surface area contributed by atoms with E-state index >= 15 is 0 Å². The summed E-state index contributed by atoms with van der Waals surface area (Å²) >= 11 is 0. The van der Waals surface area contributed by atoms with Gasteiger partial charge in [0.1, 0.15) is 6.10 Å². The molecule has 2 nitrogen and oxygen atoms in total. The predicted molar refractivity (Wildman–Crippen MR) is 49.3 cm³/mol. The molecule has 1 saturated carbocycles. The lowest BCUT2D eigenvalue weighted by Crippen LogP contribution is -2.18. The van der Waals surface area contributed by atoms with Crippen LogP contribution in [0.2, 0.25) is 0 Å². The number of hydrogen-bond donors (Lipinski definition) is 0. The molecule has 0 aromatic carbocycles. The SMILES string of the molecule is C.C1CCC(OCC2CO2)CC1. The summed E-state index contributed by atoms with van der Waals surface area (Å²) in [5.74, 6) is 0. The number of hydrogen-bond acceptors (Lipinski definition) is 2. The fourth-order valence-electron chi connectivity index (χ4n) is 1.64. The molecule has 72 valence electrons. The second-order valence-corrected chi connectivity index (χ2v) is 3.55. The van der Waals surface area contributed by atoms with Crippen molar-refractivity contribution in [1.29, 1.82) is 0 Å². The molecule has 0 amide bonds. The lowest BCUT2D eigenvalue weighted by Gasteiger charge is -2.21. The van der Waals surface area contributed by atoms with Crippen molar-refractivity contribution in [3.05, 3.63) is 0 Å². The van der Waals surface area contributed by atoms with Crippen molar-refractivity contribution in [3.8, 4) is 0 Å². The average Bonchev–Trinajstić information content (AvgIpc) is 2.86. The van der Waals surface area contributed by atoms with E-state index in [1.807, 2.05) is 0 Å². The van der Waals surface area contributed by atoms with Crippen LogP contribution in [0.25, 0.3) is 0 Å². The first-order chi connectivity index (χ1) is 5.45. The summed E-state index contributed by atoms with van der Waals surface area (Å²) in [5.41, 5.74) is 0. The van der Waals surface area contributed by atoms with E-state index in [0.717, 1.165) is 13.2 Å². The van der Waals surface area contributed by atoms with Gasteiger partial charge in [-0.2, -0.15) is 0 Å². The average molecular weight is 172 g/mol. The lowest BCUT2D eigenvalue weighted by atomic mass is 9.98. The quantitative estimate of drug-likeness (QED) is 0.610. The summed E-state index contributed by atoms with van der Waals surface area (Å²) < 4.78 is 10.8. The third kappa shape index (κ3) is 3.11. The Balaban J connectivity index is 0.000000720. The maximum atomic E-state index is 5.68. The highest BCUT2D eigenvalue weighted by Crippen LogP contribution is 2.21. The van der Waals surface area contributed by atoms with Crippen LogP contribution in [0.5, 0.6) is 0 Å². The first kappa shape index (κ1) is 10.0. The monoisotopic (exact) mass is 172 g/mol. The van der Waals surface area contributed by atoms with Gasteiger partial charge in [0.25, 0.3) is 0 Å². The van der Waals surface area contributed by atoms with E-state index in [9.17, 15) is 0 Å². The molecule has 1 heterocycles. The van der Waals surface area contributed by atoms with E-state index < -0.39 is 0 Å². The zero-order chi connectivity index (χ0) is 7.52. The Morgan fingerprint density at radius 3 is 2.42 bits per heavy atom. The van der Waals surface area contributed by atoms with Gasteiger partial charge in [0.05, 0.1) is 19.3 Å². The fourth-order valence-corrected chi connectivity index (χ4v) is 1.64. The van der Waals surface area contributed by atoms with E-state index in [4.69, 9.17) is 9.47 Å². The van der Waals surface area contributed by atoms with E-state index in [0.29, 0.717) is 12.2 Å². The van der Waals surface area contributed by atoms with Gasteiger partial charge in [0.2, 0.25) is 0 Å². The predicted octanol–water partition coefficient (Wildman–Crippen LogP) is 2.37. The Morgan fingerprint density at radius 2 is 1.83 bits per heavy atom. The first-order valence-electron chi connectivity index (χ1n) is 4.68. The van der Waals surface area contributed by atoms with Crippen molar-refractivity contribution >= 4 is 0 Å². The summed E-state index contributed by atoms with van der Waals surface area (Å²) in [6.45, 7) is 1.76. The van der Waals surface area contributed by atoms with Crippen LogP contribution in [-0.4, -0.2) is 25.4 Å². The van der Waals surface area contributed by atoms with Crippen molar-refractivity contribution in [2.45, 2.75) is 51.7 Å². The molecule has 2 rings (SSSR count). The maximum absolute atomic E-state index is 5.68. The van der Waals surface area contributed by atoms with Crippen LogP contribution in [-0.2, 0) is 9.47 Å². The molecule has 0 N–H and O–H groups in total. The normalized spacial score (nSPS) is 29.5. The number of epoxide rings is 1. The molecule has 1 aliphatic heterocycles. The molecule has 1 saturated heterocycles. The van der Waals surface area contributed by atoms with Crippen LogP contribution >= 0.6 is 0 Å². The highest BCUT2D eigenvalue weighted by Gasteiger charge is 2.24. The van der Waals surface area contributed by atoms with Crippen LogP contribution in [0.1, 0.15) is 39.5 Å². The summed E-state index contributed by atoms with van der Waals surface area (Å²) in [6, 6.07) is 0. The second kappa shape index (κ2) is 4.83. The van der Waals surface area contributed by atoms with E-state index in [1.54, 1.807) is 0 Å². The second-order valence-electron chi connectivity index (χ2n) is 3.55. The summed E-state index contributed by atoms with van der Waals surface area (Å²) in [5, 5.41) is 0.